The van der Waals surface area contributed by atoms with Gasteiger partial charge in [-0.05, 0) is 56.1 Å². The van der Waals surface area contributed by atoms with Gasteiger partial charge in [0.05, 0.1) is 13.2 Å². The maximum atomic E-state index is 8.42. The zero-order valence-corrected chi connectivity index (χ0v) is 11.7. The minimum absolute atomic E-state index is 0.604. The van der Waals surface area contributed by atoms with E-state index in [1.807, 2.05) is 19.1 Å². The van der Waals surface area contributed by atoms with Gasteiger partial charge in [0, 0.05) is 11.4 Å². The summed E-state index contributed by atoms with van der Waals surface area (Å²) in [5.41, 5.74) is 2.18. The van der Waals surface area contributed by atoms with Crippen molar-refractivity contribution >= 4 is 11.6 Å². The summed E-state index contributed by atoms with van der Waals surface area (Å²) in [6, 6.07) is 5.99. The Hall–Kier alpha value is -1.24. The summed E-state index contributed by atoms with van der Waals surface area (Å²) in [4.78, 5) is 0. The fraction of sp³-hybridized carbons (Fsp3) is 0.500. The van der Waals surface area contributed by atoms with Crippen LogP contribution in [0.5, 0.6) is 5.75 Å². The van der Waals surface area contributed by atoms with E-state index in [0.717, 1.165) is 47.8 Å². The molecule has 0 spiro atoms. The third-order valence-electron chi connectivity index (χ3n) is 2.73. The van der Waals surface area contributed by atoms with E-state index in [2.05, 4.69) is 11.4 Å². The van der Waals surface area contributed by atoms with Crippen LogP contribution < -0.4 is 10.1 Å². The number of halogens is 1. The Morgan fingerprint density at radius 1 is 1.39 bits per heavy atom. The summed E-state index contributed by atoms with van der Waals surface area (Å²) in [6.07, 6.45) is 2.37. The topological polar surface area (TPSA) is 45.0 Å². The van der Waals surface area contributed by atoms with E-state index in [-0.39, 0.29) is 0 Å². The van der Waals surface area contributed by atoms with Crippen LogP contribution >= 0.6 is 11.6 Å². The van der Waals surface area contributed by atoms with Crippen LogP contribution in [0.4, 0.5) is 0 Å². The summed E-state index contributed by atoms with van der Waals surface area (Å²) in [6.45, 7) is 3.73. The van der Waals surface area contributed by atoms with Crippen LogP contribution in [0.2, 0.25) is 5.02 Å². The first-order valence-electron chi connectivity index (χ1n) is 6.09. The number of hydrogen-bond acceptors (Lipinski definition) is 3. The van der Waals surface area contributed by atoms with Crippen molar-refractivity contribution in [2.45, 2.75) is 26.2 Å². The second-order valence-corrected chi connectivity index (χ2v) is 4.61. The fourth-order valence-electron chi connectivity index (χ4n) is 1.92. The van der Waals surface area contributed by atoms with Gasteiger partial charge in [-0.25, -0.2) is 0 Å². The molecule has 0 aliphatic carbocycles. The van der Waals surface area contributed by atoms with Crippen LogP contribution in [0.3, 0.4) is 0 Å². The zero-order valence-electron chi connectivity index (χ0n) is 10.9. The van der Waals surface area contributed by atoms with Crippen molar-refractivity contribution < 1.29 is 4.74 Å². The van der Waals surface area contributed by atoms with Gasteiger partial charge in [0.25, 0.3) is 0 Å². The summed E-state index contributed by atoms with van der Waals surface area (Å²) in [5.74, 6) is 0.915. The van der Waals surface area contributed by atoms with E-state index in [1.54, 1.807) is 7.11 Å². The molecule has 0 atom stereocenters. The molecular formula is C14H19ClN2O. The molecule has 3 nitrogen and oxygen atoms in total. The lowest BCUT2D eigenvalue weighted by atomic mass is 10.1. The second-order valence-electron chi connectivity index (χ2n) is 4.18. The summed E-state index contributed by atoms with van der Waals surface area (Å²) < 4.78 is 5.40. The van der Waals surface area contributed by atoms with Gasteiger partial charge in [0.2, 0.25) is 0 Å². The van der Waals surface area contributed by atoms with Gasteiger partial charge in [0.1, 0.15) is 5.75 Å². The van der Waals surface area contributed by atoms with Crippen molar-refractivity contribution in [1.82, 2.24) is 5.32 Å². The Kier molecular flexibility index (Phi) is 6.56. The van der Waals surface area contributed by atoms with Crippen LogP contribution in [-0.4, -0.2) is 20.2 Å². The molecule has 0 radical (unpaired) electrons. The quantitative estimate of drug-likeness (QED) is 0.772. The predicted molar refractivity (Wildman–Crippen MR) is 74.2 cm³/mol. The Morgan fingerprint density at radius 3 is 2.83 bits per heavy atom. The Morgan fingerprint density at radius 2 is 2.17 bits per heavy atom. The Labute approximate surface area is 114 Å². The highest BCUT2D eigenvalue weighted by Gasteiger charge is 2.07. The third-order valence-corrected chi connectivity index (χ3v) is 2.95. The number of benzene rings is 1. The minimum Gasteiger partial charge on any atom is -0.496 e. The average Bonchev–Trinajstić information content (AvgIpc) is 2.33. The highest BCUT2D eigenvalue weighted by atomic mass is 35.5. The minimum atomic E-state index is 0.604. The number of methoxy groups -OCH3 is 1. The molecule has 0 unspecified atom stereocenters. The monoisotopic (exact) mass is 266 g/mol. The Balaban J connectivity index is 2.49. The van der Waals surface area contributed by atoms with Gasteiger partial charge in [-0.1, -0.05) is 11.6 Å². The van der Waals surface area contributed by atoms with Crippen molar-refractivity contribution in [2.75, 3.05) is 20.2 Å². The number of rotatable bonds is 7. The molecule has 1 rings (SSSR count). The molecule has 1 aromatic rings. The van der Waals surface area contributed by atoms with Crippen LogP contribution in [0, 0.1) is 18.3 Å². The third kappa shape index (κ3) is 4.56. The molecule has 0 aromatic heterocycles. The summed E-state index contributed by atoms with van der Waals surface area (Å²) >= 11 is 6.05. The molecule has 1 N–H and O–H groups in total. The van der Waals surface area contributed by atoms with Gasteiger partial charge < -0.3 is 10.1 Å². The lowest BCUT2D eigenvalue weighted by molar-refractivity contribution is 0.406. The molecule has 0 amide bonds. The molecule has 0 bridgehead atoms. The van der Waals surface area contributed by atoms with E-state index < -0.39 is 0 Å². The Bertz CT molecular complexity index is 427. The van der Waals surface area contributed by atoms with Crippen molar-refractivity contribution in [3.63, 3.8) is 0 Å². The summed E-state index contributed by atoms with van der Waals surface area (Å²) in [5, 5.41) is 12.5. The van der Waals surface area contributed by atoms with E-state index in [0.29, 0.717) is 6.42 Å². The molecule has 0 saturated heterocycles. The van der Waals surface area contributed by atoms with E-state index in [9.17, 15) is 0 Å². The molecule has 4 heteroatoms. The number of nitriles is 1. The van der Waals surface area contributed by atoms with Crippen molar-refractivity contribution in [2.24, 2.45) is 0 Å². The van der Waals surface area contributed by atoms with Crippen molar-refractivity contribution in [1.29, 1.82) is 5.26 Å². The number of unbranched alkanes of at least 4 members (excludes halogenated alkanes) is 1. The van der Waals surface area contributed by atoms with Gasteiger partial charge >= 0.3 is 0 Å². The highest BCUT2D eigenvalue weighted by molar-refractivity contribution is 6.30. The lowest BCUT2D eigenvalue weighted by Crippen LogP contribution is -2.18. The van der Waals surface area contributed by atoms with Crippen molar-refractivity contribution in [3.05, 3.63) is 28.3 Å². The van der Waals surface area contributed by atoms with E-state index >= 15 is 0 Å². The van der Waals surface area contributed by atoms with Crippen LogP contribution in [-0.2, 0) is 6.42 Å². The van der Waals surface area contributed by atoms with E-state index in [4.69, 9.17) is 21.6 Å². The van der Waals surface area contributed by atoms with Gasteiger partial charge in [-0.3, -0.25) is 0 Å². The second kappa shape index (κ2) is 7.97. The molecule has 0 fully saturated rings. The first kappa shape index (κ1) is 14.8. The van der Waals surface area contributed by atoms with Crippen LogP contribution in [0.15, 0.2) is 12.1 Å². The zero-order chi connectivity index (χ0) is 13.4. The molecule has 98 valence electrons. The lowest BCUT2D eigenvalue weighted by Gasteiger charge is -2.12. The molecule has 1 aromatic carbocycles. The van der Waals surface area contributed by atoms with Gasteiger partial charge in [-0.15, -0.1) is 0 Å². The highest BCUT2D eigenvalue weighted by Crippen LogP contribution is 2.27. The smallest absolute Gasteiger partial charge is 0.125 e. The average molecular weight is 267 g/mol. The molecule has 0 aliphatic heterocycles. The molecule has 0 heterocycles. The predicted octanol–water partition coefficient (Wildman–Crippen LogP) is 3.09. The number of hydrogen-bond donors (Lipinski definition) is 1. The van der Waals surface area contributed by atoms with Crippen LogP contribution in [0.1, 0.15) is 24.0 Å². The van der Waals surface area contributed by atoms with E-state index in [1.165, 1.54) is 0 Å². The summed E-state index contributed by atoms with van der Waals surface area (Å²) in [7, 11) is 1.68. The first-order chi connectivity index (χ1) is 8.69. The molecule has 18 heavy (non-hydrogen) atoms. The SMILES string of the molecule is COc1c(C)cc(Cl)cc1CCNCCCC#N. The maximum Gasteiger partial charge on any atom is 0.125 e. The van der Waals surface area contributed by atoms with Gasteiger partial charge in [0.15, 0.2) is 0 Å². The molecule has 0 saturated carbocycles. The number of aryl methyl sites for hydroxylation is 1. The standard InChI is InChI=1S/C14H19ClN2O/c1-11-9-13(15)10-12(14(11)18-2)5-8-17-7-4-3-6-16/h9-10,17H,3-5,7-8H2,1-2H3. The number of nitrogens with one attached hydrogen (secondary N) is 1. The molecular weight excluding hydrogens is 248 g/mol. The number of nitrogens with zero attached hydrogens (tertiary/aromatic N) is 1. The normalized spacial score (nSPS) is 10.1. The number of ether oxygens (including phenoxy) is 1. The largest absolute Gasteiger partial charge is 0.496 e. The van der Waals surface area contributed by atoms with Gasteiger partial charge in [-0.2, -0.15) is 5.26 Å². The first-order valence-corrected chi connectivity index (χ1v) is 6.47. The maximum absolute atomic E-state index is 8.42. The fourth-order valence-corrected chi connectivity index (χ4v) is 2.21. The van der Waals surface area contributed by atoms with Crippen LogP contribution in [0.25, 0.3) is 0 Å². The molecule has 0 aliphatic rings. The van der Waals surface area contributed by atoms with Crippen molar-refractivity contribution in [3.8, 4) is 11.8 Å².